The number of cyclic esters (lactones) is 1. The van der Waals surface area contributed by atoms with E-state index in [0.717, 1.165) is 15.2 Å². The molecule has 0 amide bonds. The zero-order valence-corrected chi connectivity index (χ0v) is 12.5. The maximum absolute atomic E-state index is 11.1. The summed E-state index contributed by atoms with van der Waals surface area (Å²) in [7, 11) is 0. The molecular formula is C17H12N2O2S. The Labute approximate surface area is 131 Å². The number of thiazole rings is 1. The average Bonchev–Trinajstić information content (AvgIpc) is 3.13. The number of fused-ring (bicyclic) bond motifs is 1. The van der Waals surface area contributed by atoms with Gasteiger partial charge in [0.25, 0.3) is 0 Å². The molecule has 2 heterocycles. The minimum Gasteiger partial charge on any atom is -0.410 e. The van der Waals surface area contributed by atoms with Crippen LogP contribution in [0.4, 0.5) is 0 Å². The van der Waals surface area contributed by atoms with Crippen molar-refractivity contribution in [3.63, 3.8) is 0 Å². The van der Waals surface area contributed by atoms with Gasteiger partial charge in [-0.1, -0.05) is 36.4 Å². The van der Waals surface area contributed by atoms with Crippen LogP contribution in [0.5, 0.6) is 0 Å². The molecule has 0 spiro atoms. The number of carbonyl (C=O) groups is 1. The first-order valence-corrected chi connectivity index (χ1v) is 7.78. The normalized spacial score (nSPS) is 14.2. The van der Waals surface area contributed by atoms with Gasteiger partial charge < -0.3 is 4.74 Å². The van der Waals surface area contributed by atoms with Gasteiger partial charge in [-0.05, 0) is 23.3 Å². The van der Waals surface area contributed by atoms with Crippen molar-refractivity contribution >= 4 is 33.4 Å². The number of hydrogen-bond donors (Lipinski definition) is 0. The molecule has 0 saturated heterocycles. The summed E-state index contributed by atoms with van der Waals surface area (Å²) in [6.07, 6.45) is 0.478. The summed E-state index contributed by atoms with van der Waals surface area (Å²) in [5, 5.41) is 0.911. The first kappa shape index (κ1) is 13.2. The second-order valence-corrected chi connectivity index (χ2v) is 6.13. The number of carbonyl (C=O) groups excluding carboxylic acids is 1. The fourth-order valence-electron chi connectivity index (χ4n) is 2.43. The fourth-order valence-corrected chi connectivity index (χ4v) is 3.43. The molecule has 1 aliphatic heterocycles. The molecule has 0 N–H and O–H groups in total. The van der Waals surface area contributed by atoms with Crippen LogP contribution in [0.2, 0.25) is 0 Å². The van der Waals surface area contributed by atoms with Gasteiger partial charge in [0.05, 0.1) is 16.6 Å². The number of esters is 1. The Morgan fingerprint density at radius 2 is 1.95 bits per heavy atom. The van der Waals surface area contributed by atoms with Gasteiger partial charge >= 0.3 is 5.97 Å². The maximum atomic E-state index is 11.1. The van der Waals surface area contributed by atoms with Crippen LogP contribution < -0.4 is 0 Å². The van der Waals surface area contributed by atoms with Gasteiger partial charge in [-0.3, -0.25) is 0 Å². The topological polar surface area (TPSA) is 51.5 Å². The highest BCUT2D eigenvalue weighted by Crippen LogP contribution is 2.28. The minimum absolute atomic E-state index is 0.123. The number of rotatable bonds is 3. The van der Waals surface area contributed by atoms with Crippen LogP contribution in [-0.2, 0) is 16.0 Å². The van der Waals surface area contributed by atoms with Crippen LogP contribution in [0, 0.1) is 0 Å². The van der Waals surface area contributed by atoms with Gasteiger partial charge in [0.15, 0.2) is 0 Å². The largest absolute Gasteiger partial charge is 0.410 e. The van der Waals surface area contributed by atoms with Crippen molar-refractivity contribution in [2.75, 3.05) is 6.54 Å². The molecule has 0 unspecified atom stereocenters. The molecular weight excluding hydrogens is 296 g/mol. The van der Waals surface area contributed by atoms with Crippen molar-refractivity contribution in [1.82, 2.24) is 4.98 Å². The van der Waals surface area contributed by atoms with Crippen LogP contribution in [0.1, 0.15) is 5.01 Å². The van der Waals surface area contributed by atoms with E-state index in [1.54, 1.807) is 11.3 Å². The Morgan fingerprint density at radius 1 is 1.09 bits per heavy atom. The van der Waals surface area contributed by atoms with Gasteiger partial charge in [-0.2, -0.15) is 0 Å². The van der Waals surface area contributed by atoms with Crippen molar-refractivity contribution in [1.29, 1.82) is 0 Å². The Hall–Kier alpha value is -2.53. The Morgan fingerprint density at radius 3 is 2.73 bits per heavy atom. The molecule has 1 aromatic heterocycles. The molecule has 4 nitrogen and oxygen atoms in total. The average molecular weight is 308 g/mol. The first-order valence-electron chi connectivity index (χ1n) is 6.97. The van der Waals surface area contributed by atoms with E-state index in [1.165, 1.54) is 11.1 Å². The molecule has 22 heavy (non-hydrogen) atoms. The van der Waals surface area contributed by atoms with Gasteiger partial charge in [0.1, 0.15) is 11.6 Å². The standard InChI is InChI=1S/C17H12N2O2S/c20-17-10-18-15(21-17)9-16-19-13-7-6-12(8-14(13)22-16)11-4-2-1-3-5-11/h1-8H,9-10H2. The summed E-state index contributed by atoms with van der Waals surface area (Å²) in [4.78, 5) is 19.7. The predicted molar refractivity (Wildman–Crippen MR) is 87.2 cm³/mol. The molecule has 0 bridgehead atoms. The van der Waals surface area contributed by atoms with Crippen molar-refractivity contribution in [3.05, 3.63) is 53.5 Å². The molecule has 0 aliphatic carbocycles. The number of aliphatic imine (C=N–C) groups is 1. The summed E-state index contributed by atoms with van der Waals surface area (Å²) in [5.74, 6) is 0.176. The van der Waals surface area contributed by atoms with Crippen LogP contribution >= 0.6 is 11.3 Å². The Bertz CT molecular complexity index is 884. The van der Waals surface area contributed by atoms with E-state index in [9.17, 15) is 4.79 Å². The van der Waals surface area contributed by atoms with Gasteiger partial charge in [-0.15, -0.1) is 11.3 Å². The zero-order chi connectivity index (χ0) is 14.9. The Balaban J connectivity index is 1.65. The van der Waals surface area contributed by atoms with Crippen molar-refractivity contribution < 1.29 is 9.53 Å². The van der Waals surface area contributed by atoms with Crippen molar-refractivity contribution in [2.45, 2.75) is 6.42 Å². The summed E-state index contributed by atoms with van der Waals surface area (Å²) in [6, 6.07) is 16.5. The smallest absolute Gasteiger partial charge is 0.334 e. The summed E-state index contributed by atoms with van der Waals surface area (Å²) >= 11 is 1.61. The van der Waals surface area contributed by atoms with Gasteiger partial charge in [0.2, 0.25) is 5.90 Å². The molecule has 108 valence electrons. The lowest BCUT2D eigenvalue weighted by molar-refractivity contribution is -0.132. The number of hydrogen-bond acceptors (Lipinski definition) is 5. The third kappa shape index (κ3) is 2.51. The highest BCUT2D eigenvalue weighted by Gasteiger charge is 2.18. The minimum atomic E-state index is -0.289. The van der Waals surface area contributed by atoms with Crippen LogP contribution in [0.25, 0.3) is 21.3 Å². The van der Waals surface area contributed by atoms with E-state index in [4.69, 9.17) is 4.74 Å². The highest BCUT2D eigenvalue weighted by atomic mass is 32.1. The molecule has 3 aromatic rings. The first-order chi connectivity index (χ1) is 10.8. The van der Waals surface area contributed by atoms with Crippen LogP contribution in [0.3, 0.4) is 0 Å². The molecule has 0 saturated carbocycles. The lowest BCUT2D eigenvalue weighted by Crippen LogP contribution is -2.06. The summed E-state index contributed by atoms with van der Waals surface area (Å²) in [5.41, 5.74) is 3.32. The number of nitrogens with zero attached hydrogens (tertiary/aromatic N) is 2. The van der Waals surface area contributed by atoms with Gasteiger partial charge in [0, 0.05) is 0 Å². The predicted octanol–water partition coefficient (Wildman–Crippen LogP) is 3.46. The molecule has 0 atom stereocenters. The quantitative estimate of drug-likeness (QED) is 0.696. The summed E-state index contributed by atoms with van der Waals surface area (Å²) in [6.45, 7) is 0.123. The van der Waals surface area contributed by atoms with E-state index in [1.807, 2.05) is 24.3 Å². The highest BCUT2D eigenvalue weighted by molar-refractivity contribution is 7.18. The molecule has 0 radical (unpaired) electrons. The fraction of sp³-hybridized carbons (Fsp3) is 0.118. The molecule has 4 rings (SSSR count). The van der Waals surface area contributed by atoms with E-state index >= 15 is 0 Å². The van der Waals surface area contributed by atoms with Crippen LogP contribution in [-0.4, -0.2) is 23.4 Å². The van der Waals surface area contributed by atoms with E-state index in [-0.39, 0.29) is 12.5 Å². The molecule has 5 heteroatoms. The second kappa shape index (κ2) is 5.35. The number of ether oxygens (including phenoxy) is 1. The monoisotopic (exact) mass is 308 g/mol. The number of benzene rings is 2. The van der Waals surface area contributed by atoms with Crippen molar-refractivity contribution in [2.24, 2.45) is 4.99 Å². The Kier molecular flexibility index (Phi) is 3.20. The molecule has 2 aromatic carbocycles. The number of aromatic nitrogens is 1. The third-order valence-electron chi connectivity index (χ3n) is 3.46. The van der Waals surface area contributed by atoms with E-state index in [0.29, 0.717) is 12.3 Å². The van der Waals surface area contributed by atoms with Crippen molar-refractivity contribution in [3.8, 4) is 11.1 Å². The molecule has 1 aliphatic rings. The molecule has 0 fully saturated rings. The third-order valence-corrected chi connectivity index (χ3v) is 4.48. The van der Waals surface area contributed by atoms with E-state index in [2.05, 4.69) is 34.2 Å². The van der Waals surface area contributed by atoms with E-state index < -0.39 is 0 Å². The van der Waals surface area contributed by atoms with Crippen LogP contribution in [0.15, 0.2) is 53.5 Å². The maximum Gasteiger partial charge on any atom is 0.334 e. The SMILES string of the molecule is O=C1CN=C(Cc2nc3ccc(-c4ccccc4)cc3s2)O1. The van der Waals surface area contributed by atoms with Gasteiger partial charge in [-0.25, -0.2) is 14.8 Å². The lowest BCUT2D eigenvalue weighted by Gasteiger charge is -2.00. The second-order valence-electron chi connectivity index (χ2n) is 5.02. The zero-order valence-electron chi connectivity index (χ0n) is 11.7. The summed E-state index contributed by atoms with van der Waals surface area (Å²) < 4.78 is 6.16. The lowest BCUT2D eigenvalue weighted by atomic mass is 10.1.